The molecule has 0 unspecified atom stereocenters. The molecule has 0 radical (unpaired) electrons. The van der Waals surface area contributed by atoms with Gasteiger partial charge in [-0.25, -0.2) is 0 Å². The van der Waals surface area contributed by atoms with Gasteiger partial charge in [0.2, 0.25) is 5.91 Å². The number of nitrogens with one attached hydrogen (secondary N) is 2. The molecule has 0 aromatic rings. The van der Waals surface area contributed by atoms with Crippen molar-refractivity contribution < 1.29 is 4.79 Å². The molecule has 0 saturated heterocycles. The van der Waals surface area contributed by atoms with Gasteiger partial charge in [-0.3, -0.25) is 4.79 Å². The van der Waals surface area contributed by atoms with Crippen LogP contribution in [-0.2, 0) is 4.79 Å². The summed E-state index contributed by atoms with van der Waals surface area (Å²) >= 11 is 0. The predicted molar refractivity (Wildman–Crippen MR) is 78.9 cm³/mol. The van der Waals surface area contributed by atoms with E-state index >= 15 is 0 Å². The van der Waals surface area contributed by atoms with Crippen molar-refractivity contribution in [1.82, 2.24) is 10.6 Å². The minimum absolute atomic E-state index is 0.160. The zero-order chi connectivity index (χ0) is 14.1. The predicted octanol–water partition coefficient (Wildman–Crippen LogP) is 2.71. The van der Waals surface area contributed by atoms with Crippen molar-refractivity contribution in [3.8, 4) is 0 Å². The van der Waals surface area contributed by atoms with E-state index in [0.29, 0.717) is 23.4 Å². The number of carbonyl (C=O) groups excluding carboxylic acids is 1. The maximum Gasteiger partial charge on any atom is 0.233 e. The van der Waals surface area contributed by atoms with Gasteiger partial charge >= 0.3 is 0 Å². The lowest BCUT2D eigenvalue weighted by atomic mass is 9.63. The number of carbonyl (C=O) groups is 1. The Bertz CT molecular complexity index is 316. The Kier molecular flexibility index (Phi) is 4.24. The van der Waals surface area contributed by atoms with Gasteiger partial charge in [-0.15, -0.1) is 0 Å². The Morgan fingerprint density at radius 2 is 1.68 bits per heavy atom. The summed E-state index contributed by atoms with van der Waals surface area (Å²) in [5.41, 5.74) is 0.758. The number of hydrogen-bond donors (Lipinski definition) is 2. The van der Waals surface area contributed by atoms with Crippen LogP contribution in [0.3, 0.4) is 0 Å². The van der Waals surface area contributed by atoms with Gasteiger partial charge in [0.25, 0.3) is 0 Å². The maximum absolute atomic E-state index is 11.8. The summed E-state index contributed by atoms with van der Waals surface area (Å²) in [5.74, 6) is 0.921. The van der Waals surface area contributed by atoms with Crippen molar-refractivity contribution in [3.05, 3.63) is 0 Å². The van der Waals surface area contributed by atoms with E-state index in [4.69, 9.17) is 0 Å². The molecule has 0 spiro atoms. The fourth-order valence-electron chi connectivity index (χ4n) is 3.87. The summed E-state index contributed by atoms with van der Waals surface area (Å²) in [5, 5.41) is 6.49. The molecule has 0 atom stereocenters. The average Bonchev–Trinajstić information content (AvgIpc) is 3.02. The maximum atomic E-state index is 11.8. The largest absolute Gasteiger partial charge is 0.355 e. The molecule has 2 aliphatic rings. The van der Waals surface area contributed by atoms with E-state index in [2.05, 4.69) is 38.3 Å². The first-order valence-electron chi connectivity index (χ1n) is 7.76. The minimum Gasteiger partial charge on any atom is -0.355 e. The zero-order valence-electron chi connectivity index (χ0n) is 13.0. The molecule has 0 aliphatic heterocycles. The standard InChI is InChI=1S/C16H30N2O/c1-15(2)7-13(8-16(3,4)11-15)17-10-14(19)18-9-12-5-6-12/h12-13,17H,5-11H2,1-4H3,(H,18,19). The first kappa shape index (κ1) is 14.8. The van der Waals surface area contributed by atoms with Crippen molar-refractivity contribution in [1.29, 1.82) is 0 Å². The number of hydrogen-bond acceptors (Lipinski definition) is 2. The fourth-order valence-corrected chi connectivity index (χ4v) is 3.87. The van der Waals surface area contributed by atoms with E-state index < -0.39 is 0 Å². The minimum atomic E-state index is 0.160. The van der Waals surface area contributed by atoms with Crippen molar-refractivity contribution in [2.45, 2.75) is 65.8 Å². The van der Waals surface area contributed by atoms with E-state index in [1.807, 2.05) is 0 Å². The van der Waals surface area contributed by atoms with E-state index in [1.165, 1.54) is 32.1 Å². The third-order valence-corrected chi connectivity index (χ3v) is 4.39. The molecule has 1 amide bonds. The molecule has 19 heavy (non-hydrogen) atoms. The molecule has 0 bridgehead atoms. The molecule has 0 aromatic carbocycles. The molecule has 0 aromatic heterocycles. The highest BCUT2D eigenvalue weighted by molar-refractivity contribution is 5.78. The van der Waals surface area contributed by atoms with Gasteiger partial charge in [-0.1, -0.05) is 27.7 Å². The Labute approximate surface area is 117 Å². The molecular formula is C16H30N2O. The third kappa shape index (κ3) is 5.13. The monoisotopic (exact) mass is 266 g/mol. The first-order valence-corrected chi connectivity index (χ1v) is 7.76. The summed E-state index contributed by atoms with van der Waals surface area (Å²) in [7, 11) is 0. The van der Waals surface area contributed by atoms with Gasteiger partial charge in [0.05, 0.1) is 6.54 Å². The molecule has 3 heteroatoms. The van der Waals surface area contributed by atoms with E-state index in [-0.39, 0.29) is 5.91 Å². The van der Waals surface area contributed by atoms with Crippen LogP contribution in [0.25, 0.3) is 0 Å². The van der Waals surface area contributed by atoms with Crippen LogP contribution in [0.1, 0.15) is 59.8 Å². The highest BCUT2D eigenvalue weighted by Gasteiger charge is 2.38. The summed E-state index contributed by atoms with van der Waals surface area (Å²) in [6.45, 7) is 10.7. The SMILES string of the molecule is CC1(C)CC(NCC(=O)NCC2CC2)CC(C)(C)C1. The number of rotatable bonds is 5. The lowest BCUT2D eigenvalue weighted by molar-refractivity contribution is -0.120. The topological polar surface area (TPSA) is 41.1 Å². The Morgan fingerprint density at radius 1 is 1.11 bits per heavy atom. The van der Waals surface area contributed by atoms with Gasteiger partial charge in [-0.2, -0.15) is 0 Å². The van der Waals surface area contributed by atoms with Crippen LogP contribution in [0.2, 0.25) is 0 Å². The summed E-state index contributed by atoms with van der Waals surface area (Å²) in [4.78, 5) is 11.8. The smallest absolute Gasteiger partial charge is 0.233 e. The molecule has 2 aliphatic carbocycles. The number of amides is 1. The lowest BCUT2D eigenvalue weighted by Crippen LogP contribution is -2.47. The third-order valence-electron chi connectivity index (χ3n) is 4.39. The summed E-state index contributed by atoms with van der Waals surface area (Å²) in [6.07, 6.45) is 6.20. The van der Waals surface area contributed by atoms with Gasteiger partial charge in [0, 0.05) is 12.6 Å². The average molecular weight is 266 g/mol. The highest BCUT2D eigenvalue weighted by Crippen LogP contribution is 2.45. The van der Waals surface area contributed by atoms with Crippen LogP contribution < -0.4 is 10.6 Å². The van der Waals surface area contributed by atoms with Crippen LogP contribution in [0.4, 0.5) is 0 Å². The van der Waals surface area contributed by atoms with Crippen molar-refractivity contribution in [2.24, 2.45) is 16.7 Å². The Hall–Kier alpha value is -0.570. The second kappa shape index (κ2) is 5.43. The van der Waals surface area contributed by atoms with E-state index in [9.17, 15) is 4.79 Å². The van der Waals surface area contributed by atoms with Gasteiger partial charge in [0.15, 0.2) is 0 Å². The van der Waals surface area contributed by atoms with Gasteiger partial charge in [-0.05, 0) is 48.9 Å². The van der Waals surface area contributed by atoms with E-state index in [0.717, 1.165) is 12.5 Å². The fraction of sp³-hybridized carbons (Fsp3) is 0.938. The van der Waals surface area contributed by atoms with Crippen LogP contribution in [0.5, 0.6) is 0 Å². The molecule has 3 nitrogen and oxygen atoms in total. The summed E-state index contributed by atoms with van der Waals surface area (Å²) in [6, 6.07) is 0.477. The molecule has 0 heterocycles. The molecule has 2 saturated carbocycles. The second-order valence-corrected chi connectivity index (χ2v) is 8.24. The summed E-state index contributed by atoms with van der Waals surface area (Å²) < 4.78 is 0. The lowest BCUT2D eigenvalue weighted by Gasteiger charge is -2.45. The van der Waals surface area contributed by atoms with Crippen LogP contribution in [0, 0.1) is 16.7 Å². The molecule has 2 rings (SSSR count). The quantitative estimate of drug-likeness (QED) is 0.803. The normalized spacial score (nSPS) is 26.1. The second-order valence-electron chi connectivity index (χ2n) is 8.24. The zero-order valence-corrected chi connectivity index (χ0v) is 13.0. The highest BCUT2D eigenvalue weighted by atomic mass is 16.1. The van der Waals surface area contributed by atoms with E-state index in [1.54, 1.807) is 0 Å². The van der Waals surface area contributed by atoms with Crippen LogP contribution in [-0.4, -0.2) is 25.0 Å². The van der Waals surface area contributed by atoms with Crippen molar-refractivity contribution in [2.75, 3.05) is 13.1 Å². The molecular weight excluding hydrogens is 236 g/mol. The van der Waals surface area contributed by atoms with Crippen molar-refractivity contribution >= 4 is 5.91 Å². The van der Waals surface area contributed by atoms with Crippen molar-refractivity contribution in [3.63, 3.8) is 0 Å². The Balaban J connectivity index is 1.73. The van der Waals surface area contributed by atoms with Gasteiger partial charge in [0.1, 0.15) is 0 Å². The molecule has 2 fully saturated rings. The molecule has 2 N–H and O–H groups in total. The van der Waals surface area contributed by atoms with Crippen LogP contribution in [0.15, 0.2) is 0 Å². The van der Waals surface area contributed by atoms with Crippen LogP contribution >= 0.6 is 0 Å². The first-order chi connectivity index (χ1) is 8.76. The van der Waals surface area contributed by atoms with Gasteiger partial charge < -0.3 is 10.6 Å². The molecule has 110 valence electrons. The Morgan fingerprint density at radius 3 is 2.21 bits per heavy atom.